The molecule has 0 amide bonds. The van der Waals surface area contributed by atoms with Gasteiger partial charge in [0.25, 0.3) is 0 Å². The van der Waals surface area contributed by atoms with Crippen LogP contribution in [0.1, 0.15) is 35.8 Å². The van der Waals surface area contributed by atoms with Gasteiger partial charge in [-0.2, -0.15) is 0 Å². The van der Waals surface area contributed by atoms with Crippen molar-refractivity contribution in [1.29, 1.82) is 0 Å². The van der Waals surface area contributed by atoms with E-state index in [2.05, 4.69) is 29.2 Å². The Balaban J connectivity index is 1.38. The van der Waals surface area contributed by atoms with Crippen LogP contribution in [0.3, 0.4) is 0 Å². The van der Waals surface area contributed by atoms with Gasteiger partial charge in [-0.15, -0.1) is 0 Å². The largest absolute Gasteiger partial charge is 0.387 e. The van der Waals surface area contributed by atoms with Crippen LogP contribution in [-0.2, 0) is 13.1 Å². The molecule has 0 aliphatic carbocycles. The van der Waals surface area contributed by atoms with Crippen molar-refractivity contribution in [2.45, 2.75) is 32.0 Å². The number of nitrogens with zero attached hydrogens (tertiary/aromatic N) is 2. The van der Waals surface area contributed by atoms with Crippen molar-refractivity contribution < 1.29 is 9.50 Å². The van der Waals surface area contributed by atoms with Crippen molar-refractivity contribution in [2.75, 3.05) is 13.1 Å². The number of aliphatic hydroxyl groups excluding tert-OH is 1. The molecule has 0 radical (unpaired) electrons. The molecule has 146 valence electrons. The first-order valence-corrected chi connectivity index (χ1v) is 10.0. The molecule has 1 aliphatic heterocycles. The number of benzene rings is 2. The van der Waals surface area contributed by atoms with Crippen LogP contribution in [0, 0.1) is 11.7 Å². The summed E-state index contributed by atoms with van der Waals surface area (Å²) < 4.78 is 16.0. The van der Waals surface area contributed by atoms with E-state index in [-0.39, 0.29) is 11.7 Å². The highest BCUT2D eigenvalue weighted by Gasteiger charge is 2.28. The number of halogens is 1. The van der Waals surface area contributed by atoms with Crippen molar-refractivity contribution >= 4 is 0 Å². The number of likely N-dealkylation sites (tertiary alicyclic amines) is 1. The summed E-state index contributed by atoms with van der Waals surface area (Å²) in [5, 5.41) is 11.0. The van der Waals surface area contributed by atoms with Gasteiger partial charge in [0.1, 0.15) is 5.82 Å². The molecule has 0 saturated carbocycles. The fourth-order valence-corrected chi connectivity index (χ4v) is 4.16. The van der Waals surface area contributed by atoms with E-state index < -0.39 is 6.10 Å². The maximum atomic E-state index is 14.0. The molecule has 1 aliphatic rings. The van der Waals surface area contributed by atoms with Gasteiger partial charge in [0.15, 0.2) is 0 Å². The zero-order valence-electron chi connectivity index (χ0n) is 16.0. The topological polar surface area (TPSA) is 28.4 Å². The van der Waals surface area contributed by atoms with Gasteiger partial charge >= 0.3 is 0 Å². The smallest absolute Gasteiger partial charge is 0.128 e. The highest BCUT2D eigenvalue weighted by Crippen LogP contribution is 2.32. The minimum Gasteiger partial charge on any atom is -0.387 e. The highest BCUT2D eigenvalue weighted by molar-refractivity contribution is 5.21. The molecular weight excluding hydrogens is 351 g/mol. The highest BCUT2D eigenvalue weighted by atomic mass is 19.1. The molecule has 1 saturated heterocycles. The lowest BCUT2D eigenvalue weighted by Gasteiger charge is -2.34. The van der Waals surface area contributed by atoms with Gasteiger partial charge in [-0.3, -0.25) is 4.90 Å². The zero-order valence-corrected chi connectivity index (χ0v) is 16.0. The molecule has 0 bridgehead atoms. The number of aliphatic hydroxyl groups is 1. The Kier molecular flexibility index (Phi) is 5.89. The average molecular weight is 378 g/mol. The summed E-state index contributed by atoms with van der Waals surface area (Å²) >= 11 is 0. The molecule has 4 heteroatoms. The summed E-state index contributed by atoms with van der Waals surface area (Å²) in [6.07, 6.45) is 3.36. The summed E-state index contributed by atoms with van der Waals surface area (Å²) in [6, 6.07) is 21.3. The second-order valence-electron chi connectivity index (χ2n) is 7.70. The SMILES string of the molecule is OC(c1cccn1Cc1ccccc1F)C1CCN(Cc2ccccc2)CC1. The van der Waals surface area contributed by atoms with Crippen LogP contribution in [0.2, 0.25) is 0 Å². The molecule has 2 heterocycles. The van der Waals surface area contributed by atoms with E-state index in [1.807, 2.05) is 35.0 Å². The fraction of sp³-hybridized carbons (Fsp3) is 0.333. The van der Waals surface area contributed by atoms with Crippen molar-refractivity contribution in [3.63, 3.8) is 0 Å². The van der Waals surface area contributed by atoms with Crippen LogP contribution < -0.4 is 0 Å². The lowest BCUT2D eigenvalue weighted by molar-refractivity contribution is 0.0518. The van der Waals surface area contributed by atoms with Crippen LogP contribution in [0.25, 0.3) is 0 Å². The summed E-state index contributed by atoms with van der Waals surface area (Å²) in [5.74, 6) is 0.0344. The predicted molar refractivity (Wildman–Crippen MR) is 109 cm³/mol. The summed E-state index contributed by atoms with van der Waals surface area (Å²) in [7, 11) is 0. The van der Waals surface area contributed by atoms with E-state index in [1.165, 1.54) is 11.6 Å². The minimum atomic E-state index is -0.513. The molecule has 1 unspecified atom stereocenters. The number of aromatic nitrogens is 1. The molecule has 4 rings (SSSR count). The van der Waals surface area contributed by atoms with E-state index in [4.69, 9.17) is 0 Å². The Bertz CT molecular complexity index is 884. The van der Waals surface area contributed by atoms with Gasteiger partial charge in [0.05, 0.1) is 12.6 Å². The van der Waals surface area contributed by atoms with Gasteiger partial charge in [-0.05, 0) is 55.6 Å². The summed E-state index contributed by atoms with van der Waals surface area (Å²) in [6.45, 7) is 3.39. The molecule has 2 aromatic carbocycles. The first-order chi connectivity index (χ1) is 13.7. The number of hydrogen-bond acceptors (Lipinski definition) is 2. The van der Waals surface area contributed by atoms with Crippen molar-refractivity contribution in [1.82, 2.24) is 9.47 Å². The Labute approximate surface area is 166 Å². The number of piperidine rings is 1. The number of rotatable bonds is 6. The van der Waals surface area contributed by atoms with Crippen LogP contribution in [-0.4, -0.2) is 27.7 Å². The molecule has 1 atom stereocenters. The van der Waals surface area contributed by atoms with Crippen molar-refractivity contribution in [3.05, 3.63) is 95.6 Å². The second kappa shape index (κ2) is 8.72. The van der Waals surface area contributed by atoms with Gasteiger partial charge in [0, 0.05) is 24.0 Å². The zero-order chi connectivity index (χ0) is 19.3. The van der Waals surface area contributed by atoms with E-state index in [1.54, 1.807) is 12.1 Å². The third-order valence-corrected chi connectivity index (χ3v) is 5.79. The Morgan fingerprint density at radius 3 is 2.36 bits per heavy atom. The van der Waals surface area contributed by atoms with E-state index in [9.17, 15) is 9.50 Å². The Hall–Kier alpha value is -2.43. The number of hydrogen-bond donors (Lipinski definition) is 1. The van der Waals surface area contributed by atoms with Crippen LogP contribution in [0.4, 0.5) is 4.39 Å². The van der Waals surface area contributed by atoms with Crippen LogP contribution >= 0.6 is 0 Å². The lowest BCUT2D eigenvalue weighted by Crippen LogP contribution is -2.35. The van der Waals surface area contributed by atoms with E-state index in [0.717, 1.165) is 38.2 Å². The fourth-order valence-electron chi connectivity index (χ4n) is 4.16. The van der Waals surface area contributed by atoms with Gasteiger partial charge in [-0.1, -0.05) is 48.5 Å². The Morgan fingerprint density at radius 1 is 0.893 bits per heavy atom. The molecule has 1 aromatic heterocycles. The molecule has 0 spiro atoms. The van der Waals surface area contributed by atoms with E-state index >= 15 is 0 Å². The standard InChI is InChI=1S/C24H27FN2O/c25-22-10-5-4-9-21(22)18-27-14-6-11-23(27)24(28)20-12-15-26(16-13-20)17-19-7-2-1-3-8-19/h1-11,14,20,24,28H,12-13,15-18H2. The second-order valence-corrected chi connectivity index (χ2v) is 7.70. The van der Waals surface area contributed by atoms with Gasteiger partial charge < -0.3 is 9.67 Å². The summed E-state index contributed by atoms with van der Waals surface area (Å²) in [5.41, 5.74) is 2.86. The minimum absolute atomic E-state index is 0.203. The summed E-state index contributed by atoms with van der Waals surface area (Å²) in [4.78, 5) is 2.46. The van der Waals surface area contributed by atoms with Crippen molar-refractivity contribution in [2.24, 2.45) is 5.92 Å². The average Bonchev–Trinajstić information content (AvgIpc) is 3.19. The third kappa shape index (κ3) is 4.34. The van der Waals surface area contributed by atoms with Gasteiger partial charge in [0.2, 0.25) is 0 Å². The lowest BCUT2D eigenvalue weighted by atomic mass is 9.89. The maximum absolute atomic E-state index is 14.0. The quantitative estimate of drug-likeness (QED) is 0.678. The van der Waals surface area contributed by atoms with Crippen LogP contribution in [0.5, 0.6) is 0 Å². The normalized spacial score (nSPS) is 16.9. The molecule has 28 heavy (non-hydrogen) atoms. The predicted octanol–water partition coefficient (Wildman–Crippen LogP) is 4.62. The molecule has 3 nitrogen and oxygen atoms in total. The molecule has 3 aromatic rings. The van der Waals surface area contributed by atoms with Crippen LogP contribution in [0.15, 0.2) is 72.9 Å². The van der Waals surface area contributed by atoms with E-state index in [0.29, 0.717) is 12.1 Å². The first kappa shape index (κ1) is 18.9. The van der Waals surface area contributed by atoms with Crippen molar-refractivity contribution in [3.8, 4) is 0 Å². The maximum Gasteiger partial charge on any atom is 0.128 e. The third-order valence-electron chi connectivity index (χ3n) is 5.79. The Morgan fingerprint density at radius 2 is 1.61 bits per heavy atom. The first-order valence-electron chi connectivity index (χ1n) is 10.0. The molecular formula is C24H27FN2O. The molecule has 1 fully saturated rings. The molecule has 1 N–H and O–H groups in total. The monoisotopic (exact) mass is 378 g/mol. The van der Waals surface area contributed by atoms with Gasteiger partial charge in [-0.25, -0.2) is 4.39 Å².